The number of esters is 4. The maximum Gasteiger partial charge on any atom is 0.346 e. The third-order valence-corrected chi connectivity index (χ3v) is 6.59. The molecule has 7 rings (SSSR count). The Labute approximate surface area is 627 Å². The van der Waals surface area contributed by atoms with Crippen LogP contribution in [0.5, 0.6) is 0 Å². The van der Waals surface area contributed by atoms with E-state index in [1.165, 1.54) is 140 Å². The standard InChI is InChI=1S/C17H6O7.C12H10.C7H5O.7C2H3O.8Y/c18-13(7-1-3-9-11(5-7)16(21)23-14(9)19)8-2-4-10-12(6-8)17(22)24-15(10)20;1-3-7-11(8-4-1)12-9-5-2-6-10-12;8-6-7-4-2-1-3-5-7;7*1-2-3;;;;;;;;/h1-6H;1-10H;1-5H;7*1H3;;;;;;;;/q;;8*-1;;;;;;;;. The van der Waals surface area contributed by atoms with Crippen LogP contribution in [0.1, 0.15) is 111 Å². The van der Waals surface area contributed by atoms with E-state index in [9.17, 15) is 28.8 Å². The Morgan fingerprint density at radius 3 is 0.767 bits per heavy atom. The Hall–Kier alpha value is 0.241. The van der Waals surface area contributed by atoms with E-state index in [1.807, 2.05) is 18.2 Å². The SMILES string of the molecule is C[C-]=O.C[C-]=O.C[C-]=O.C[C-]=O.C[C-]=O.C[C-]=O.C[C-]=O.O=C(c1ccc2c(c1)C(=O)OC2=O)c1ccc2c(c1)C(=O)OC2=O.O=[C-]c1ccccc1.[Y].[Y].[Y].[Y].[Y].[Y].[Y].[Y].c1ccc(-c2ccccc2)cc1. The van der Waals surface area contributed by atoms with Crippen LogP contribution in [0.25, 0.3) is 11.1 Å². The number of carbonyl (C=O) groups excluding carboxylic acids is 13. The van der Waals surface area contributed by atoms with Crippen LogP contribution < -0.4 is 0 Å². The maximum absolute atomic E-state index is 12.5. The van der Waals surface area contributed by atoms with Gasteiger partial charge in [-0.05, 0) is 35.4 Å². The van der Waals surface area contributed by atoms with Gasteiger partial charge in [0, 0.05) is 273 Å². The number of hydrogen-bond acceptors (Lipinski definition) is 15. The minimum absolute atomic E-state index is 0. The minimum atomic E-state index is -0.812. The van der Waals surface area contributed by atoms with Gasteiger partial charge in [0.25, 0.3) is 0 Å². The minimum Gasteiger partial charge on any atom is -0.542 e. The summed E-state index contributed by atoms with van der Waals surface area (Å²) in [5.74, 6) is -3.61. The molecule has 5 aromatic carbocycles. The summed E-state index contributed by atoms with van der Waals surface area (Å²) in [6, 6.07) is 37.7. The smallest absolute Gasteiger partial charge is 0.346 e. The number of cyclic esters (lactones) is 4. The third kappa shape index (κ3) is 45.8. The molecular weight excluding hydrogens is 1550 g/mol. The van der Waals surface area contributed by atoms with E-state index in [2.05, 4.69) is 58.0 Å². The maximum atomic E-state index is 12.5. The fraction of sp³-hybridized carbons (Fsp3) is 0.140. The molecule has 73 heavy (non-hydrogen) atoms. The summed E-state index contributed by atoms with van der Waals surface area (Å²) in [6.07, 6.45) is 12.3. The second-order valence-corrected chi connectivity index (χ2v) is 10.8. The van der Waals surface area contributed by atoms with Crippen molar-refractivity contribution in [1.29, 1.82) is 0 Å². The van der Waals surface area contributed by atoms with Gasteiger partial charge in [-0.3, -0.25) is 48.8 Å². The summed E-state index contributed by atoms with van der Waals surface area (Å²) in [5.41, 5.74) is 3.68. The van der Waals surface area contributed by atoms with Gasteiger partial charge in [0.1, 0.15) is 0 Å². The van der Waals surface area contributed by atoms with E-state index in [4.69, 9.17) is 33.6 Å². The van der Waals surface area contributed by atoms with Crippen LogP contribution in [0.2, 0.25) is 0 Å². The quantitative estimate of drug-likeness (QED) is 0.0775. The third-order valence-electron chi connectivity index (χ3n) is 6.59. The first-order valence-corrected chi connectivity index (χ1v) is 18.2. The van der Waals surface area contributed by atoms with Crippen molar-refractivity contribution >= 4 is 79.9 Å². The van der Waals surface area contributed by atoms with E-state index in [0.29, 0.717) is 5.56 Å². The molecule has 0 aliphatic carbocycles. The number of fused-ring (bicyclic) bond motifs is 2. The summed E-state index contributed by atoms with van der Waals surface area (Å²) in [5, 5.41) is 0. The second kappa shape index (κ2) is 68.3. The van der Waals surface area contributed by atoms with Crippen molar-refractivity contribution in [2.45, 2.75) is 48.5 Å². The largest absolute Gasteiger partial charge is 0.542 e. The molecule has 15 nitrogen and oxygen atoms in total. The van der Waals surface area contributed by atoms with E-state index in [1.54, 1.807) is 30.6 Å². The number of rotatable bonds is 4. The summed E-state index contributed by atoms with van der Waals surface area (Å²) in [7, 11) is 0. The molecule has 0 N–H and O–H groups in total. The van der Waals surface area contributed by atoms with Crippen molar-refractivity contribution in [2.24, 2.45) is 0 Å². The molecule has 364 valence electrons. The van der Waals surface area contributed by atoms with Crippen molar-refractivity contribution in [2.75, 3.05) is 0 Å². The predicted octanol–water partition coefficient (Wildman–Crippen LogP) is 6.83. The van der Waals surface area contributed by atoms with Gasteiger partial charge in [-0.25, -0.2) is 19.2 Å². The molecule has 5 aromatic rings. The Balaban J connectivity index is -0.0000000749. The first kappa shape index (κ1) is 98.7. The molecule has 2 aliphatic heterocycles. The molecular formula is C50H42O15Y8-8. The van der Waals surface area contributed by atoms with Crippen LogP contribution in [-0.2, 0) is 310 Å². The van der Waals surface area contributed by atoms with Crippen LogP contribution >= 0.6 is 0 Å². The number of carbonyl (C=O) groups is 5. The Morgan fingerprint density at radius 1 is 0.329 bits per heavy atom. The fourth-order valence-corrected chi connectivity index (χ4v) is 4.39. The molecule has 23 heteroatoms. The van der Waals surface area contributed by atoms with Crippen molar-refractivity contribution in [3.8, 4) is 11.1 Å². The van der Waals surface area contributed by atoms with Crippen LogP contribution in [0.3, 0.4) is 0 Å². The topological polar surface area (TPSA) is 240 Å². The van der Waals surface area contributed by atoms with Crippen molar-refractivity contribution < 1.29 is 333 Å². The molecule has 0 fully saturated rings. The van der Waals surface area contributed by atoms with Gasteiger partial charge >= 0.3 is 23.9 Å². The summed E-state index contributed by atoms with van der Waals surface area (Å²) in [6.45, 7) is 9.24. The van der Waals surface area contributed by atoms with Crippen molar-refractivity contribution in [1.82, 2.24) is 0 Å². The second-order valence-electron chi connectivity index (χ2n) is 10.8. The average Bonchev–Trinajstić information content (AvgIpc) is 3.77. The number of benzene rings is 5. The summed E-state index contributed by atoms with van der Waals surface area (Å²) >= 11 is 0. The van der Waals surface area contributed by atoms with E-state index in [0.717, 1.165) is 0 Å². The molecule has 8 radical (unpaired) electrons. The molecule has 0 spiro atoms. The molecule has 0 unspecified atom stereocenters. The fourth-order valence-electron chi connectivity index (χ4n) is 4.39. The molecule has 0 amide bonds. The summed E-state index contributed by atoms with van der Waals surface area (Å²) < 4.78 is 8.94. The normalized spacial score (nSPS) is 8.70. The van der Waals surface area contributed by atoms with Gasteiger partial charge < -0.3 is 47.8 Å². The zero-order valence-corrected chi connectivity index (χ0v) is 63.6. The van der Waals surface area contributed by atoms with Crippen LogP contribution in [0.15, 0.2) is 127 Å². The van der Waals surface area contributed by atoms with Gasteiger partial charge in [0.15, 0.2) is 5.78 Å². The van der Waals surface area contributed by atoms with Crippen molar-refractivity contribution in [3.05, 3.63) is 166 Å². The van der Waals surface area contributed by atoms with E-state index < -0.39 is 29.7 Å². The molecule has 0 bridgehead atoms. The predicted molar refractivity (Wildman–Crippen MR) is 238 cm³/mol. The number of ether oxygens (including phenoxy) is 2. The van der Waals surface area contributed by atoms with Gasteiger partial charge in [0.2, 0.25) is 0 Å². The van der Waals surface area contributed by atoms with Crippen LogP contribution in [0, 0.1) is 0 Å². The molecule has 2 aliphatic rings. The van der Waals surface area contributed by atoms with E-state index >= 15 is 0 Å². The summed E-state index contributed by atoms with van der Waals surface area (Å²) in [4.78, 5) is 129. The Kier molecular flexibility index (Phi) is 92.4. The zero-order chi connectivity index (χ0) is 50.0. The van der Waals surface area contributed by atoms with Crippen LogP contribution in [-0.4, -0.2) is 79.9 Å². The Bertz CT molecular complexity index is 2130. The number of hydrogen-bond donors (Lipinski definition) is 0. The Morgan fingerprint density at radius 2 is 0.548 bits per heavy atom. The van der Waals surface area contributed by atoms with Gasteiger partial charge in [-0.15, -0.1) is 12.1 Å². The first-order valence-electron chi connectivity index (χ1n) is 18.2. The monoisotopic (exact) mass is 1590 g/mol. The molecule has 2 heterocycles. The molecule has 0 atom stereocenters. The van der Waals surface area contributed by atoms with E-state index in [-0.39, 0.29) is 295 Å². The molecule has 0 saturated carbocycles. The molecule has 0 aromatic heterocycles. The average molecular weight is 1590 g/mol. The molecule has 0 saturated heterocycles. The first-order chi connectivity index (χ1) is 31.3. The van der Waals surface area contributed by atoms with Crippen LogP contribution in [0.4, 0.5) is 0 Å². The zero-order valence-electron chi connectivity index (χ0n) is 40.9. The van der Waals surface area contributed by atoms with Gasteiger partial charge in [0.05, 0.1) is 28.5 Å². The van der Waals surface area contributed by atoms with Gasteiger partial charge in [-0.2, -0.15) is 66.2 Å². The van der Waals surface area contributed by atoms with Gasteiger partial charge in [-0.1, -0.05) is 78.9 Å². The van der Waals surface area contributed by atoms with Crippen molar-refractivity contribution in [3.63, 3.8) is 0 Å². The number of ketones is 1.